The van der Waals surface area contributed by atoms with Crippen LogP contribution in [0.2, 0.25) is 0 Å². The Morgan fingerprint density at radius 3 is 2.55 bits per heavy atom. The molecule has 8 atom stereocenters. The van der Waals surface area contributed by atoms with Gasteiger partial charge in [-0.15, -0.1) is 0 Å². The minimum absolute atomic E-state index is 0.202. The molecule has 4 aliphatic rings. The lowest BCUT2D eigenvalue weighted by Gasteiger charge is -2.59. The summed E-state index contributed by atoms with van der Waals surface area (Å²) in [7, 11) is 0. The summed E-state index contributed by atoms with van der Waals surface area (Å²) in [5.41, 5.74) is 2.00. The Labute approximate surface area is 179 Å². The number of rotatable bonds is 5. The molecule has 2 nitrogen and oxygen atoms in total. The molecule has 2 heteroatoms. The second-order valence-electron chi connectivity index (χ2n) is 12.2. The number of carbonyl (C=O) groups excluding carboxylic acids is 1. The van der Waals surface area contributed by atoms with Crippen LogP contribution in [0.5, 0.6) is 0 Å². The molecule has 4 rings (SSSR count). The van der Waals surface area contributed by atoms with Gasteiger partial charge in [0.1, 0.15) is 0 Å². The Kier molecular flexibility index (Phi) is 5.71. The maximum Gasteiger partial charge on any atom is 0.224 e. The van der Waals surface area contributed by atoms with Gasteiger partial charge in [-0.25, -0.2) is 0 Å². The van der Waals surface area contributed by atoms with Crippen LogP contribution in [-0.4, -0.2) is 5.91 Å². The van der Waals surface area contributed by atoms with Crippen LogP contribution in [-0.2, 0) is 4.79 Å². The Morgan fingerprint density at radius 1 is 1.07 bits per heavy atom. The average molecular weight is 400 g/mol. The Balaban J connectivity index is 1.54. The highest BCUT2D eigenvalue weighted by Crippen LogP contribution is 2.67. The molecule has 0 aromatic heterocycles. The van der Waals surface area contributed by atoms with Crippen molar-refractivity contribution in [3.05, 3.63) is 11.8 Å². The number of piperidine rings is 1. The normalized spacial score (nSPS) is 45.1. The van der Waals surface area contributed by atoms with Gasteiger partial charge in [0.2, 0.25) is 5.91 Å². The molecule has 0 spiro atoms. The van der Waals surface area contributed by atoms with E-state index in [4.69, 9.17) is 0 Å². The molecular weight excluding hydrogens is 354 g/mol. The van der Waals surface area contributed by atoms with E-state index in [9.17, 15) is 4.79 Å². The molecule has 164 valence electrons. The molecule has 0 bridgehead atoms. The van der Waals surface area contributed by atoms with Crippen LogP contribution < -0.4 is 5.32 Å². The number of allylic oxidation sites excluding steroid dienone is 2. The minimum atomic E-state index is 0.202. The summed E-state index contributed by atoms with van der Waals surface area (Å²) in [5.74, 6) is 5.90. The molecule has 1 amide bonds. The van der Waals surface area contributed by atoms with Crippen molar-refractivity contribution >= 4 is 5.91 Å². The SMILES string of the molecule is CC(C)CCCC(C)C1CCC2C3C(C)C=C4NC(=O)CC[C@]4(C)C3CC[C@]12C. The van der Waals surface area contributed by atoms with E-state index >= 15 is 0 Å². The largest absolute Gasteiger partial charge is 0.330 e. The zero-order valence-corrected chi connectivity index (χ0v) is 19.9. The second-order valence-corrected chi connectivity index (χ2v) is 12.2. The Hall–Kier alpha value is -0.790. The fourth-order valence-corrected chi connectivity index (χ4v) is 8.55. The first-order chi connectivity index (χ1) is 13.7. The van der Waals surface area contributed by atoms with Crippen LogP contribution in [0.1, 0.15) is 99.3 Å². The van der Waals surface area contributed by atoms with Crippen molar-refractivity contribution in [2.75, 3.05) is 0 Å². The van der Waals surface area contributed by atoms with Gasteiger partial charge < -0.3 is 5.32 Å². The van der Waals surface area contributed by atoms with Crippen molar-refractivity contribution in [2.45, 2.75) is 99.3 Å². The lowest BCUT2D eigenvalue weighted by atomic mass is 9.46. The fraction of sp³-hybridized carbons (Fsp3) is 0.889. The van der Waals surface area contributed by atoms with Crippen LogP contribution in [0.4, 0.5) is 0 Å². The molecule has 3 aliphatic carbocycles. The molecular formula is C27H45NO. The van der Waals surface area contributed by atoms with Crippen LogP contribution >= 0.6 is 0 Å². The number of carbonyl (C=O) groups is 1. The van der Waals surface area contributed by atoms with Gasteiger partial charge in [-0.1, -0.05) is 66.9 Å². The molecule has 3 fully saturated rings. The van der Waals surface area contributed by atoms with Gasteiger partial charge in [0, 0.05) is 17.5 Å². The van der Waals surface area contributed by atoms with Crippen LogP contribution in [0.15, 0.2) is 11.8 Å². The van der Waals surface area contributed by atoms with Crippen LogP contribution in [0.3, 0.4) is 0 Å². The van der Waals surface area contributed by atoms with Gasteiger partial charge in [-0.05, 0) is 78.9 Å². The number of hydrogen-bond acceptors (Lipinski definition) is 1. The monoisotopic (exact) mass is 399 g/mol. The highest BCUT2D eigenvalue weighted by Gasteiger charge is 2.60. The quantitative estimate of drug-likeness (QED) is 0.532. The molecule has 0 aromatic rings. The van der Waals surface area contributed by atoms with Crippen LogP contribution in [0.25, 0.3) is 0 Å². The van der Waals surface area contributed by atoms with Gasteiger partial charge >= 0.3 is 0 Å². The maximum atomic E-state index is 12.1. The molecule has 1 saturated heterocycles. The highest BCUT2D eigenvalue weighted by atomic mass is 16.1. The van der Waals surface area contributed by atoms with E-state index in [-0.39, 0.29) is 11.3 Å². The summed E-state index contributed by atoms with van der Waals surface area (Å²) in [6, 6.07) is 0. The average Bonchev–Trinajstić information content (AvgIpc) is 3.00. The third kappa shape index (κ3) is 3.51. The summed E-state index contributed by atoms with van der Waals surface area (Å²) in [6.45, 7) is 14.9. The van der Waals surface area contributed by atoms with Gasteiger partial charge in [-0.2, -0.15) is 0 Å². The van der Waals surface area contributed by atoms with Crippen molar-refractivity contribution < 1.29 is 4.79 Å². The zero-order valence-electron chi connectivity index (χ0n) is 19.9. The predicted molar refractivity (Wildman–Crippen MR) is 121 cm³/mol. The predicted octanol–water partition coefficient (Wildman–Crippen LogP) is 6.96. The molecule has 1 aliphatic heterocycles. The summed E-state index contributed by atoms with van der Waals surface area (Å²) < 4.78 is 0. The van der Waals surface area contributed by atoms with Crippen molar-refractivity contribution in [2.24, 2.45) is 52.3 Å². The number of hydrogen-bond donors (Lipinski definition) is 1. The van der Waals surface area contributed by atoms with Crippen molar-refractivity contribution in [1.82, 2.24) is 5.32 Å². The van der Waals surface area contributed by atoms with Crippen molar-refractivity contribution in [3.8, 4) is 0 Å². The molecule has 1 N–H and O–H groups in total. The van der Waals surface area contributed by atoms with E-state index in [2.05, 4.69) is 52.9 Å². The standard InChI is InChI=1S/C27H45NO/c1-17(2)8-7-9-18(3)20-10-11-21-25-19(4)16-23-27(6,15-13-24(29)28-23)22(25)12-14-26(20,21)5/h16-22,25H,7-15H2,1-6H3,(H,28,29)/t18?,19?,20?,21?,22?,25?,26-,27-/m1/s1. The maximum absolute atomic E-state index is 12.1. The molecule has 29 heavy (non-hydrogen) atoms. The van der Waals surface area contributed by atoms with Gasteiger partial charge in [0.05, 0.1) is 0 Å². The number of nitrogens with one attached hydrogen (secondary N) is 1. The van der Waals surface area contributed by atoms with E-state index in [1.54, 1.807) is 0 Å². The van der Waals surface area contributed by atoms with E-state index < -0.39 is 0 Å². The molecule has 6 unspecified atom stereocenters. The second kappa shape index (κ2) is 7.72. The summed E-state index contributed by atoms with van der Waals surface area (Å²) in [4.78, 5) is 12.1. The summed E-state index contributed by atoms with van der Waals surface area (Å²) >= 11 is 0. The first-order valence-corrected chi connectivity index (χ1v) is 12.7. The zero-order chi connectivity index (χ0) is 21.0. The summed E-state index contributed by atoms with van der Waals surface area (Å²) in [6.07, 6.45) is 14.1. The fourth-order valence-electron chi connectivity index (χ4n) is 8.55. The Bertz CT molecular complexity index is 665. The molecule has 2 saturated carbocycles. The lowest BCUT2D eigenvalue weighted by molar-refractivity contribution is -0.126. The topological polar surface area (TPSA) is 29.1 Å². The summed E-state index contributed by atoms with van der Waals surface area (Å²) in [5, 5.41) is 3.27. The number of fused-ring (bicyclic) bond motifs is 5. The Morgan fingerprint density at radius 2 is 1.83 bits per heavy atom. The van der Waals surface area contributed by atoms with E-state index in [1.165, 1.54) is 50.6 Å². The molecule has 1 heterocycles. The lowest BCUT2D eigenvalue weighted by Crippen LogP contribution is -2.55. The highest BCUT2D eigenvalue weighted by molar-refractivity contribution is 5.79. The van der Waals surface area contributed by atoms with Crippen molar-refractivity contribution in [3.63, 3.8) is 0 Å². The van der Waals surface area contributed by atoms with Crippen molar-refractivity contribution in [1.29, 1.82) is 0 Å². The minimum Gasteiger partial charge on any atom is -0.330 e. The first kappa shape index (κ1) is 21.4. The van der Waals surface area contributed by atoms with E-state index in [0.717, 1.165) is 41.9 Å². The third-order valence-electron chi connectivity index (χ3n) is 10.1. The van der Waals surface area contributed by atoms with Crippen LogP contribution in [0, 0.1) is 52.3 Å². The van der Waals surface area contributed by atoms with Gasteiger partial charge in [0.25, 0.3) is 0 Å². The van der Waals surface area contributed by atoms with E-state index in [0.29, 0.717) is 17.8 Å². The molecule has 0 radical (unpaired) electrons. The van der Waals surface area contributed by atoms with Gasteiger partial charge in [-0.3, -0.25) is 4.79 Å². The third-order valence-corrected chi connectivity index (χ3v) is 10.1. The number of amides is 1. The van der Waals surface area contributed by atoms with E-state index in [1.807, 2.05) is 0 Å². The smallest absolute Gasteiger partial charge is 0.224 e. The molecule has 0 aromatic carbocycles. The first-order valence-electron chi connectivity index (χ1n) is 12.7. The van der Waals surface area contributed by atoms with Gasteiger partial charge in [0.15, 0.2) is 0 Å².